The van der Waals surface area contributed by atoms with Crippen LogP contribution in [0.3, 0.4) is 0 Å². The van der Waals surface area contributed by atoms with Gasteiger partial charge >= 0.3 is 11.9 Å². The Labute approximate surface area is 230 Å². The number of amides is 2. The van der Waals surface area contributed by atoms with Crippen molar-refractivity contribution in [2.75, 3.05) is 0 Å². The molecule has 0 radical (unpaired) electrons. The van der Waals surface area contributed by atoms with E-state index < -0.39 is 35.6 Å². The van der Waals surface area contributed by atoms with Crippen LogP contribution in [0.25, 0.3) is 0 Å². The number of hydrogen-bond donors (Lipinski definition) is 4. The lowest BCUT2D eigenvalue weighted by Crippen LogP contribution is -2.46. The van der Waals surface area contributed by atoms with Crippen LogP contribution in [-0.4, -0.2) is 46.0 Å². The lowest BCUT2D eigenvalue weighted by Gasteiger charge is -2.35. The summed E-state index contributed by atoms with van der Waals surface area (Å²) < 4.78 is 0. The van der Waals surface area contributed by atoms with Crippen molar-refractivity contribution in [3.63, 3.8) is 0 Å². The predicted octanol–water partition coefficient (Wildman–Crippen LogP) is 3.77. The monoisotopic (exact) mass is 538 g/mol. The van der Waals surface area contributed by atoms with Gasteiger partial charge in [-0.3, -0.25) is 19.2 Å². The number of fused-ring (bicyclic) bond motifs is 4. The van der Waals surface area contributed by atoms with Crippen LogP contribution in [-0.2, 0) is 19.2 Å². The molecule has 6 aliphatic carbocycles. The highest BCUT2D eigenvalue weighted by atomic mass is 16.4. The fourth-order valence-electron chi connectivity index (χ4n) is 9.18. The first-order chi connectivity index (χ1) is 18.8. The average molecular weight is 539 g/mol. The molecule has 39 heavy (non-hydrogen) atoms. The highest BCUT2D eigenvalue weighted by Crippen LogP contribution is 2.49. The summed E-state index contributed by atoms with van der Waals surface area (Å²) in [6.45, 7) is 0. The van der Waals surface area contributed by atoms with Gasteiger partial charge in [0.05, 0.1) is 23.7 Å². The number of carbonyl (C=O) groups excluding carboxylic acids is 2. The first-order valence-electron chi connectivity index (χ1n) is 15.2. The summed E-state index contributed by atoms with van der Waals surface area (Å²) >= 11 is 0. The van der Waals surface area contributed by atoms with Gasteiger partial charge in [0.15, 0.2) is 0 Å². The van der Waals surface area contributed by atoms with Gasteiger partial charge in [-0.1, -0.05) is 24.3 Å². The third-order valence-electron chi connectivity index (χ3n) is 11.1. The van der Waals surface area contributed by atoms with Gasteiger partial charge in [-0.25, -0.2) is 0 Å². The van der Waals surface area contributed by atoms with Crippen molar-refractivity contribution in [1.82, 2.24) is 10.6 Å². The van der Waals surface area contributed by atoms with Gasteiger partial charge < -0.3 is 20.8 Å². The minimum Gasteiger partial charge on any atom is -0.481 e. The molecule has 4 fully saturated rings. The number of carbonyl (C=O) groups is 4. The molecule has 8 unspecified atom stereocenters. The Morgan fingerprint density at radius 1 is 0.538 bits per heavy atom. The number of carboxylic acid groups (broad SMARTS) is 2. The van der Waals surface area contributed by atoms with Crippen LogP contribution in [0.1, 0.15) is 70.6 Å². The molecule has 8 nitrogen and oxygen atoms in total. The number of rotatable bonds is 8. The summed E-state index contributed by atoms with van der Waals surface area (Å²) in [6.07, 6.45) is 19.0. The van der Waals surface area contributed by atoms with Crippen molar-refractivity contribution in [3.05, 3.63) is 24.3 Å². The van der Waals surface area contributed by atoms with E-state index in [2.05, 4.69) is 10.6 Å². The molecule has 6 rings (SSSR count). The van der Waals surface area contributed by atoms with Gasteiger partial charge in [0.25, 0.3) is 0 Å². The maximum absolute atomic E-state index is 13.0. The summed E-state index contributed by atoms with van der Waals surface area (Å²) in [7, 11) is 0. The second kappa shape index (κ2) is 10.7. The minimum atomic E-state index is -0.850. The number of hydrogen-bond acceptors (Lipinski definition) is 4. The molecule has 0 aliphatic heterocycles. The minimum absolute atomic E-state index is 0.000903. The summed E-state index contributed by atoms with van der Waals surface area (Å²) in [5.74, 6) is -2.42. The van der Waals surface area contributed by atoms with Crippen LogP contribution in [0.5, 0.6) is 0 Å². The van der Waals surface area contributed by atoms with Crippen LogP contribution in [0.4, 0.5) is 0 Å². The number of carboxylic acids is 2. The first-order valence-corrected chi connectivity index (χ1v) is 15.2. The molecule has 4 N–H and O–H groups in total. The highest BCUT2D eigenvalue weighted by Gasteiger charge is 2.53. The smallest absolute Gasteiger partial charge is 0.307 e. The van der Waals surface area contributed by atoms with Gasteiger partial charge in [-0.2, -0.15) is 0 Å². The lowest BCUT2D eigenvalue weighted by atomic mass is 9.75. The number of allylic oxidation sites excluding steroid dienone is 4. The topological polar surface area (TPSA) is 133 Å². The highest BCUT2D eigenvalue weighted by molar-refractivity contribution is 5.87. The van der Waals surface area contributed by atoms with Gasteiger partial charge in [-0.05, 0) is 106 Å². The quantitative estimate of drug-likeness (QED) is 0.348. The normalized spacial score (nSPS) is 43.9. The zero-order valence-electron chi connectivity index (χ0n) is 22.5. The Morgan fingerprint density at radius 3 is 1.21 bits per heavy atom. The number of aliphatic carboxylic acids is 2. The fourth-order valence-corrected chi connectivity index (χ4v) is 9.18. The molecule has 2 amide bonds. The third-order valence-corrected chi connectivity index (χ3v) is 11.1. The average Bonchev–Trinajstić information content (AvgIpc) is 3.71. The van der Waals surface area contributed by atoms with Crippen molar-refractivity contribution in [2.45, 2.75) is 82.7 Å². The van der Waals surface area contributed by atoms with Gasteiger partial charge in [0.2, 0.25) is 11.8 Å². The van der Waals surface area contributed by atoms with Crippen LogP contribution in [0.15, 0.2) is 24.3 Å². The van der Waals surface area contributed by atoms with E-state index in [4.69, 9.17) is 0 Å². The molecule has 8 atom stereocenters. The van der Waals surface area contributed by atoms with Crippen LogP contribution >= 0.6 is 0 Å². The Kier molecular flexibility index (Phi) is 7.32. The van der Waals surface area contributed by atoms with Crippen LogP contribution < -0.4 is 10.6 Å². The van der Waals surface area contributed by atoms with E-state index in [-0.39, 0.29) is 47.6 Å². The van der Waals surface area contributed by atoms with E-state index in [0.717, 1.165) is 64.2 Å². The van der Waals surface area contributed by atoms with Gasteiger partial charge in [0, 0.05) is 12.1 Å². The van der Waals surface area contributed by atoms with Crippen molar-refractivity contribution in [2.24, 2.45) is 59.2 Å². The van der Waals surface area contributed by atoms with E-state index >= 15 is 0 Å². The van der Waals surface area contributed by atoms with E-state index in [1.54, 1.807) is 0 Å². The molecule has 4 bridgehead atoms. The Bertz CT molecular complexity index is 971. The summed E-state index contributed by atoms with van der Waals surface area (Å²) in [5, 5.41) is 25.7. The molecule has 8 heteroatoms. The molecule has 0 saturated heterocycles. The molecule has 0 aromatic heterocycles. The van der Waals surface area contributed by atoms with E-state index in [9.17, 15) is 29.4 Å². The van der Waals surface area contributed by atoms with Crippen molar-refractivity contribution < 1.29 is 29.4 Å². The molecule has 4 saturated carbocycles. The Hall–Kier alpha value is -2.64. The Balaban J connectivity index is 0.912. The molecule has 0 aromatic carbocycles. The molecule has 0 heterocycles. The van der Waals surface area contributed by atoms with Crippen molar-refractivity contribution >= 4 is 23.8 Å². The maximum atomic E-state index is 13.0. The third kappa shape index (κ3) is 5.16. The summed E-state index contributed by atoms with van der Waals surface area (Å²) in [4.78, 5) is 49.6. The standard InChI is InChI=1S/C31H42N2O6/c34-28(24-18-5-7-20(14-18)26(24)30(36)37)32-22-9-1-16(2-10-22)13-17-3-11-23(12-4-17)33-29(35)25-19-6-8-21(15-19)27(25)31(38)39/h5-8,16-27H,1-4,9-15H2,(H,32,34)(H,33,35)(H,36,37)(H,38,39). The van der Waals surface area contributed by atoms with Crippen molar-refractivity contribution in [3.8, 4) is 0 Å². The van der Waals surface area contributed by atoms with Crippen LogP contribution in [0.2, 0.25) is 0 Å². The maximum Gasteiger partial charge on any atom is 0.307 e. The first kappa shape index (κ1) is 26.6. The summed E-state index contributed by atoms with van der Waals surface area (Å²) in [6, 6.07) is 0.292. The molecule has 212 valence electrons. The number of nitrogens with one attached hydrogen (secondary N) is 2. The van der Waals surface area contributed by atoms with Gasteiger partial charge in [0.1, 0.15) is 0 Å². The molecular weight excluding hydrogens is 496 g/mol. The zero-order chi connectivity index (χ0) is 27.3. The zero-order valence-corrected chi connectivity index (χ0v) is 22.5. The Morgan fingerprint density at radius 2 is 0.872 bits per heavy atom. The van der Waals surface area contributed by atoms with E-state index in [1.807, 2.05) is 24.3 Å². The molecule has 0 aromatic rings. The lowest BCUT2D eigenvalue weighted by molar-refractivity contribution is -0.148. The van der Waals surface area contributed by atoms with Gasteiger partial charge in [-0.15, -0.1) is 0 Å². The van der Waals surface area contributed by atoms with E-state index in [1.165, 1.54) is 6.42 Å². The fraction of sp³-hybridized carbons (Fsp3) is 0.742. The van der Waals surface area contributed by atoms with E-state index in [0.29, 0.717) is 11.8 Å². The summed E-state index contributed by atoms with van der Waals surface area (Å²) in [5.41, 5.74) is 0. The second-order valence-electron chi connectivity index (χ2n) is 13.4. The molecule has 6 aliphatic rings. The van der Waals surface area contributed by atoms with Crippen LogP contribution in [0, 0.1) is 59.2 Å². The molecule has 0 spiro atoms. The SMILES string of the molecule is O=C(O)C1C2C=CC(C2)C1C(=O)NC1CCC(CC2CCC(NC(=O)C3C4C=CC(C4)C3C(=O)O)CC2)CC1. The second-order valence-corrected chi connectivity index (χ2v) is 13.4. The molecular formula is C31H42N2O6. The predicted molar refractivity (Wildman–Crippen MR) is 143 cm³/mol. The van der Waals surface area contributed by atoms with Crippen molar-refractivity contribution in [1.29, 1.82) is 0 Å². The largest absolute Gasteiger partial charge is 0.481 e.